The average molecular weight is 345 g/mol. The fourth-order valence-electron chi connectivity index (χ4n) is 2.18. The van der Waals surface area contributed by atoms with Gasteiger partial charge in [0.15, 0.2) is 6.10 Å². The fourth-order valence-corrected chi connectivity index (χ4v) is 2.18. The van der Waals surface area contributed by atoms with Crippen LogP contribution in [0.3, 0.4) is 0 Å². The van der Waals surface area contributed by atoms with E-state index < -0.39 is 23.8 Å². The number of amides is 1. The maximum atomic E-state index is 13.8. The first kappa shape index (κ1) is 18.4. The quantitative estimate of drug-likeness (QED) is 0.784. The first-order chi connectivity index (χ1) is 12.0. The summed E-state index contributed by atoms with van der Waals surface area (Å²) < 4.78 is 23.7. The molecule has 0 heterocycles. The third kappa shape index (κ3) is 5.31. The lowest BCUT2D eigenvalue weighted by Crippen LogP contribution is -2.37. The van der Waals surface area contributed by atoms with E-state index in [1.807, 2.05) is 30.3 Å². The van der Waals surface area contributed by atoms with E-state index in [4.69, 9.17) is 9.47 Å². The van der Waals surface area contributed by atoms with Crippen LogP contribution in [-0.4, -0.2) is 31.6 Å². The maximum Gasteiger partial charge on any atom is 0.341 e. The van der Waals surface area contributed by atoms with Crippen molar-refractivity contribution < 1.29 is 23.5 Å². The Morgan fingerprint density at radius 2 is 1.88 bits per heavy atom. The Morgan fingerprint density at radius 3 is 2.52 bits per heavy atom. The van der Waals surface area contributed by atoms with Crippen LogP contribution in [0.5, 0.6) is 5.75 Å². The molecule has 132 valence electrons. The molecule has 0 spiro atoms. The van der Waals surface area contributed by atoms with Crippen LogP contribution < -0.4 is 10.1 Å². The van der Waals surface area contributed by atoms with E-state index in [-0.39, 0.29) is 5.56 Å². The molecule has 2 aromatic carbocycles. The smallest absolute Gasteiger partial charge is 0.341 e. The zero-order valence-corrected chi connectivity index (χ0v) is 14.1. The van der Waals surface area contributed by atoms with E-state index in [2.05, 4.69) is 5.32 Å². The van der Waals surface area contributed by atoms with E-state index in [1.54, 1.807) is 0 Å². The van der Waals surface area contributed by atoms with Gasteiger partial charge in [0.2, 0.25) is 0 Å². The molecular weight excluding hydrogens is 325 g/mol. The van der Waals surface area contributed by atoms with Crippen LogP contribution in [-0.2, 0) is 16.0 Å². The molecule has 1 atom stereocenters. The minimum Gasteiger partial charge on any atom is -0.497 e. The predicted molar refractivity (Wildman–Crippen MR) is 91.0 cm³/mol. The van der Waals surface area contributed by atoms with Gasteiger partial charge in [0, 0.05) is 12.6 Å². The van der Waals surface area contributed by atoms with Gasteiger partial charge in [-0.2, -0.15) is 0 Å². The van der Waals surface area contributed by atoms with Crippen molar-refractivity contribution in [3.8, 4) is 5.75 Å². The largest absolute Gasteiger partial charge is 0.497 e. The molecule has 1 N–H and O–H groups in total. The van der Waals surface area contributed by atoms with Crippen molar-refractivity contribution in [2.24, 2.45) is 0 Å². The number of nitrogens with one attached hydrogen (secondary N) is 1. The monoisotopic (exact) mass is 345 g/mol. The summed E-state index contributed by atoms with van der Waals surface area (Å²) in [5.41, 5.74) is 0.845. The van der Waals surface area contributed by atoms with E-state index in [0.29, 0.717) is 18.7 Å². The number of hydrogen-bond acceptors (Lipinski definition) is 4. The SMILES string of the molecule is COc1ccc(C(=O)O[C@H](C)C(=O)NCCc2ccccc2)c(F)c1. The molecule has 0 fully saturated rings. The van der Waals surface area contributed by atoms with E-state index in [1.165, 1.54) is 26.2 Å². The van der Waals surface area contributed by atoms with E-state index >= 15 is 0 Å². The second-order valence-electron chi connectivity index (χ2n) is 5.42. The molecular formula is C19H20FNO4. The highest BCUT2D eigenvalue weighted by molar-refractivity contribution is 5.92. The van der Waals surface area contributed by atoms with Gasteiger partial charge < -0.3 is 14.8 Å². The first-order valence-electron chi connectivity index (χ1n) is 7.87. The highest BCUT2D eigenvalue weighted by atomic mass is 19.1. The van der Waals surface area contributed by atoms with Crippen molar-refractivity contribution in [3.05, 3.63) is 65.5 Å². The molecule has 0 bridgehead atoms. The lowest BCUT2D eigenvalue weighted by atomic mass is 10.1. The van der Waals surface area contributed by atoms with Gasteiger partial charge in [-0.05, 0) is 31.0 Å². The van der Waals surface area contributed by atoms with Gasteiger partial charge in [-0.25, -0.2) is 9.18 Å². The lowest BCUT2D eigenvalue weighted by molar-refractivity contribution is -0.129. The van der Waals surface area contributed by atoms with Crippen molar-refractivity contribution in [1.82, 2.24) is 5.32 Å². The summed E-state index contributed by atoms with van der Waals surface area (Å²) in [6.07, 6.45) is -0.356. The molecule has 2 rings (SSSR count). The third-order valence-corrected chi connectivity index (χ3v) is 3.60. The lowest BCUT2D eigenvalue weighted by Gasteiger charge is -2.14. The Morgan fingerprint density at radius 1 is 1.16 bits per heavy atom. The minimum absolute atomic E-state index is 0.246. The van der Waals surface area contributed by atoms with Crippen molar-refractivity contribution in [1.29, 1.82) is 0 Å². The number of esters is 1. The summed E-state index contributed by atoms with van der Waals surface area (Å²) in [5.74, 6) is -1.80. The first-order valence-corrected chi connectivity index (χ1v) is 7.87. The Bertz CT molecular complexity index is 733. The number of carbonyl (C=O) groups is 2. The molecule has 0 aromatic heterocycles. The Labute approximate surface area is 145 Å². The molecule has 0 saturated carbocycles. The summed E-state index contributed by atoms with van der Waals surface area (Å²) in [5, 5.41) is 2.69. The van der Waals surface area contributed by atoms with Crippen LogP contribution in [0.4, 0.5) is 4.39 Å². The Kier molecular flexibility index (Phi) is 6.51. The third-order valence-electron chi connectivity index (χ3n) is 3.60. The molecule has 0 aliphatic carbocycles. The molecule has 0 saturated heterocycles. The van der Waals surface area contributed by atoms with Crippen LogP contribution in [0.15, 0.2) is 48.5 Å². The zero-order valence-electron chi connectivity index (χ0n) is 14.1. The summed E-state index contributed by atoms with van der Waals surface area (Å²) in [6, 6.07) is 13.5. The van der Waals surface area contributed by atoms with Gasteiger partial charge in [0.05, 0.1) is 12.7 Å². The zero-order chi connectivity index (χ0) is 18.2. The standard InChI is InChI=1S/C19H20FNO4/c1-13(18(22)21-11-10-14-6-4-3-5-7-14)25-19(23)16-9-8-15(24-2)12-17(16)20/h3-9,12-13H,10-11H2,1-2H3,(H,21,22)/t13-/m1/s1. The number of ether oxygens (including phenoxy) is 2. The second-order valence-corrected chi connectivity index (χ2v) is 5.42. The number of hydrogen-bond donors (Lipinski definition) is 1. The van der Waals surface area contributed by atoms with Crippen molar-refractivity contribution in [2.45, 2.75) is 19.4 Å². The van der Waals surface area contributed by atoms with Gasteiger partial charge >= 0.3 is 5.97 Å². The predicted octanol–water partition coefficient (Wildman–Crippen LogP) is 2.74. The molecule has 2 aromatic rings. The summed E-state index contributed by atoms with van der Waals surface area (Å²) in [7, 11) is 1.40. The summed E-state index contributed by atoms with van der Waals surface area (Å²) in [6.45, 7) is 1.86. The number of benzene rings is 2. The normalized spacial score (nSPS) is 11.5. The van der Waals surface area contributed by atoms with E-state index in [0.717, 1.165) is 11.6 Å². The number of methoxy groups -OCH3 is 1. The number of carbonyl (C=O) groups excluding carboxylic acids is 2. The highest BCUT2D eigenvalue weighted by Crippen LogP contribution is 2.17. The average Bonchev–Trinajstić information content (AvgIpc) is 2.62. The number of halogens is 1. The fraction of sp³-hybridized carbons (Fsp3) is 0.263. The van der Waals surface area contributed by atoms with Gasteiger partial charge in [0.1, 0.15) is 11.6 Å². The van der Waals surface area contributed by atoms with Gasteiger partial charge in [-0.15, -0.1) is 0 Å². The Balaban J connectivity index is 1.84. The van der Waals surface area contributed by atoms with Crippen molar-refractivity contribution in [2.75, 3.05) is 13.7 Å². The molecule has 1 amide bonds. The van der Waals surface area contributed by atoms with Crippen LogP contribution in [0, 0.1) is 5.82 Å². The summed E-state index contributed by atoms with van der Waals surface area (Å²) in [4.78, 5) is 24.0. The molecule has 0 aliphatic rings. The Hall–Kier alpha value is -2.89. The minimum atomic E-state index is -1.02. The molecule has 5 nitrogen and oxygen atoms in total. The van der Waals surface area contributed by atoms with Crippen LogP contribution in [0.25, 0.3) is 0 Å². The topological polar surface area (TPSA) is 64.6 Å². The van der Waals surface area contributed by atoms with Crippen molar-refractivity contribution >= 4 is 11.9 Å². The summed E-state index contributed by atoms with van der Waals surface area (Å²) >= 11 is 0. The molecule has 0 aliphatic heterocycles. The van der Waals surface area contributed by atoms with Crippen molar-refractivity contribution in [3.63, 3.8) is 0 Å². The highest BCUT2D eigenvalue weighted by Gasteiger charge is 2.21. The van der Waals surface area contributed by atoms with E-state index in [9.17, 15) is 14.0 Å². The molecule has 0 unspecified atom stereocenters. The maximum absolute atomic E-state index is 13.8. The number of rotatable bonds is 7. The molecule has 25 heavy (non-hydrogen) atoms. The molecule has 0 radical (unpaired) electrons. The van der Waals surface area contributed by atoms with Gasteiger partial charge in [-0.3, -0.25) is 4.79 Å². The second kappa shape index (κ2) is 8.82. The van der Waals surface area contributed by atoms with Crippen LogP contribution in [0.2, 0.25) is 0 Å². The van der Waals surface area contributed by atoms with Gasteiger partial charge in [-0.1, -0.05) is 30.3 Å². The van der Waals surface area contributed by atoms with Crippen LogP contribution in [0.1, 0.15) is 22.8 Å². The van der Waals surface area contributed by atoms with Crippen LogP contribution >= 0.6 is 0 Å². The van der Waals surface area contributed by atoms with Gasteiger partial charge in [0.25, 0.3) is 5.91 Å². The molecule has 6 heteroatoms.